The molecule has 0 amide bonds. The van der Waals surface area contributed by atoms with Gasteiger partial charge in [0.1, 0.15) is 18.5 Å². The van der Waals surface area contributed by atoms with Crippen LogP contribution in [0.5, 0.6) is 5.75 Å². The minimum atomic E-state index is 0.328. The van der Waals surface area contributed by atoms with Crippen LogP contribution in [0, 0.1) is 5.41 Å². The van der Waals surface area contributed by atoms with E-state index >= 15 is 0 Å². The van der Waals surface area contributed by atoms with Gasteiger partial charge >= 0.3 is 0 Å². The predicted molar refractivity (Wildman–Crippen MR) is 64.8 cm³/mol. The summed E-state index contributed by atoms with van der Waals surface area (Å²) in [7, 11) is 0. The molecule has 0 bridgehead atoms. The molecule has 1 aromatic rings. The lowest BCUT2D eigenvalue weighted by Gasteiger charge is -2.18. The van der Waals surface area contributed by atoms with Crippen molar-refractivity contribution >= 4 is 0 Å². The minimum absolute atomic E-state index is 0.328. The third-order valence-electron chi connectivity index (χ3n) is 2.50. The second kappa shape index (κ2) is 4.46. The number of hydrogen-bond donors (Lipinski definition) is 0. The average molecular weight is 220 g/mol. The van der Waals surface area contributed by atoms with Crippen molar-refractivity contribution < 1.29 is 9.47 Å². The lowest BCUT2D eigenvalue weighted by atomic mass is 9.88. The van der Waals surface area contributed by atoms with E-state index in [0.29, 0.717) is 18.1 Å². The molecule has 1 unspecified atom stereocenters. The van der Waals surface area contributed by atoms with E-state index in [4.69, 9.17) is 9.47 Å². The van der Waals surface area contributed by atoms with E-state index in [-0.39, 0.29) is 0 Å². The first-order valence-electron chi connectivity index (χ1n) is 5.86. The van der Waals surface area contributed by atoms with Crippen molar-refractivity contribution in [3.05, 3.63) is 29.8 Å². The number of rotatable bonds is 4. The summed E-state index contributed by atoms with van der Waals surface area (Å²) < 4.78 is 10.7. The Labute approximate surface area is 97.6 Å². The van der Waals surface area contributed by atoms with Gasteiger partial charge in [0, 0.05) is 0 Å². The van der Waals surface area contributed by atoms with Crippen LogP contribution >= 0.6 is 0 Å². The van der Waals surface area contributed by atoms with Gasteiger partial charge in [-0.05, 0) is 29.5 Å². The molecule has 0 aliphatic carbocycles. The van der Waals surface area contributed by atoms with Crippen LogP contribution in [0.1, 0.15) is 26.3 Å². The van der Waals surface area contributed by atoms with Crippen LogP contribution in [0.4, 0.5) is 0 Å². The third-order valence-corrected chi connectivity index (χ3v) is 2.50. The van der Waals surface area contributed by atoms with Gasteiger partial charge in [-0.15, -0.1) is 0 Å². The van der Waals surface area contributed by atoms with Crippen molar-refractivity contribution in [2.24, 2.45) is 5.41 Å². The highest BCUT2D eigenvalue weighted by atomic mass is 16.6. The van der Waals surface area contributed by atoms with Gasteiger partial charge in [0.2, 0.25) is 0 Å². The zero-order chi connectivity index (χ0) is 11.6. The number of benzene rings is 1. The van der Waals surface area contributed by atoms with Crippen molar-refractivity contribution in [1.29, 1.82) is 0 Å². The highest BCUT2D eigenvalue weighted by Crippen LogP contribution is 2.22. The average Bonchev–Trinajstić information content (AvgIpc) is 2.98. The topological polar surface area (TPSA) is 21.8 Å². The zero-order valence-corrected chi connectivity index (χ0v) is 10.3. The van der Waals surface area contributed by atoms with Crippen LogP contribution in [-0.4, -0.2) is 19.3 Å². The van der Waals surface area contributed by atoms with E-state index in [2.05, 4.69) is 32.9 Å². The summed E-state index contributed by atoms with van der Waals surface area (Å²) in [4.78, 5) is 0. The molecule has 2 rings (SSSR count). The first-order chi connectivity index (χ1) is 7.53. The van der Waals surface area contributed by atoms with Crippen LogP contribution < -0.4 is 4.74 Å². The van der Waals surface area contributed by atoms with Crippen LogP contribution in [0.2, 0.25) is 0 Å². The van der Waals surface area contributed by atoms with Crippen LogP contribution in [0.15, 0.2) is 24.3 Å². The standard InChI is InChI=1S/C14H20O2/c1-14(2,3)8-11-4-6-12(7-5-11)15-9-13-10-16-13/h4-7,13H,8-10H2,1-3H3. The van der Waals surface area contributed by atoms with E-state index in [1.165, 1.54) is 5.56 Å². The summed E-state index contributed by atoms with van der Waals surface area (Å²) in [5.74, 6) is 0.938. The monoisotopic (exact) mass is 220 g/mol. The molecule has 1 atom stereocenters. The summed E-state index contributed by atoms with van der Waals surface area (Å²) in [5.41, 5.74) is 1.70. The van der Waals surface area contributed by atoms with E-state index in [1.807, 2.05) is 12.1 Å². The molecule has 1 saturated heterocycles. The van der Waals surface area contributed by atoms with Gasteiger partial charge in [0.15, 0.2) is 0 Å². The maximum absolute atomic E-state index is 5.59. The van der Waals surface area contributed by atoms with Gasteiger partial charge in [0.25, 0.3) is 0 Å². The van der Waals surface area contributed by atoms with Gasteiger partial charge in [0.05, 0.1) is 6.61 Å². The SMILES string of the molecule is CC(C)(C)Cc1ccc(OCC2CO2)cc1. The van der Waals surface area contributed by atoms with Crippen molar-refractivity contribution in [2.75, 3.05) is 13.2 Å². The van der Waals surface area contributed by atoms with Crippen molar-refractivity contribution in [3.8, 4) is 5.75 Å². The summed E-state index contributed by atoms with van der Waals surface area (Å²) in [6, 6.07) is 8.38. The van der Waals surface area contributed by atoms with Crippen LogP contribution in [0.25, 0.3) is 0 Å². The fraction of sp³-hybridized carbons (Fsp3) is 0.571. The highest BCUT2D eigenvalue weighted by molar-refractivity contribution is 5.27. The fourth-order valence-corrected chi connectivity index (χ4v) is 1.67. The highest BCUT2D eigenvalue weighted by Gasteiger charge is 2.22. The van der Waals surface area contributed by atoms with Gasteiger partial charge in [-0.25, -0.2) is 0 Å². The molecule has 0 aromatic heterocycles. The molecule has 2 nitrogen and oxygen atoms in total. The van der Waals surface area contributed by atoms with Gasteiger partial charge < -0.3 is 9.47 Å². The molecule has 1 aromatic carbocycles. The lowest BCUT2D eigenvalue weighted by Crippen LogP contribution is -2.09. The maximum Gasteiger partial charge on any atom is 0.119 e. The molecular weight excluding hydrogens is 200 g/mol. The maximum atomic E-state index is 5.59. The molecule has 1 aliphatic heterocycles. The molecule has 88 valence electrons. The second-order valence-corrected chi connectivity index (χ2v) is 5.65. The van der Waals surface area contributed by atoms with Gasteiger partial charge in [-0.3, -0.25) is 0 Å². The van der Waals surface area contributed by atoms with E-state index in [9.17, 15) is 0 Å². The number of hydrogen-bond acceptors (Lipinski definition) is 2. The zero-order valence-electron chi connectivity index (χ0n) is 10.3. The fourth-order valence-electron chi connectivity index (χ4n) is 1.67. The Morgan fingerprint density at radius 1 is 1.25 bits per heavy atom. The largest absolute Gasteiger partial charge is 0.491 e. The summed E-state index contributed by atoms with van der Waals surface area (Å²) >= 11 is 0. The molecule has 1 heterocycles. The third kappa shape index (κ3) is 3.86. The molecular formula is C14H20O2. The Bertz CT molecular complexity index is 331. The van der Waals surface area contributed by atoms with Crippen molar-refractivity contribution in [3.63, 3.8) is 0 Å². The Morgan fingerprint density at radius 2 is 1.88 bits per heavy atom. The summed E-state index contributed by atoms with van der Waals surface area (Å²) in [6.45, 7) is 8.28. The minimum Gasteiger partial charge on any atom is -0.491 e. The molecule has 0 saturated carbocycles. The van der Waals surface area contributed by atoms with E-state index < -0.39 is 0 Å². The predicted octanol–water partition coefficient (Wildman–Crippen LogP) is 3.05. The van der Waals surface area contributed by atoms with Crippen molar-refractivity contribution in [2.45, 2.75) is 33.3 Å². The van der Waals surface area contributed by atoms with Crippen molar-refractivity contribution in [1.82, 2.24) is 0 Å². The molecule has 2 heteroatoms. The Hall–Kier alpha value is -1.02. The first kappa shape index (κ1) is 11.5. The molecule has 16 heavy (non-hydrogen) atoms. The molecule has 1 fully saturated rings. The normalized spacial score (nSPS) is 19.6. The lowest BCUT2D eigenvalue weighted by molar-refractivity contribution is 0.263. The first-order valence-corrected chi connectivity index (χ1v) is 5.86. The second-order valence-electron chi connectivity index (χ2n) is 5.65. The number of ether oxygens (including phenoxy) is 2. The number of epoxide rings is 1. The Balaban J connectivity index is 1.87. The summed E-state index contributed by atoms with van der Waals surface area (Å²) in [6.07, 6.45) is 1.42. The van der Waals surface area contributed by atoms with Crippen LogP contribution in [-0.2, 0) is 11.2 Å². The Morgan fingerprint density at radius 3 is 2.38 bits per heavy atom. The van der Waals surface area contributed by atoms with E-state index in [0.717, 1.165) is 18.8 Å². The molecule has 0 N–H and O–H groups in total. The smallest absolute Gasteiger partial charge is 0.119 e. The van der Waals surface area contributed by atoms with Crippen LogP contribution in [0.3, 0.4) is 0 Å². The Kier molecular flexibility index (Phi) is 3.20. The van der Waals surface area contributed by atoms with E-state index in [1.54, 1.807) is 0 Å². The van der Waals surface area contributed by atoms with Gasteiger partial charge in [-0.2, -0.15) is 0 Å². The van der Waals surface area contributed by atoms with Gasteiger partial charge in [-0.1, -0.05) is 32.9 Å². The molecule has 0 spiro atoms. The quantitative estimate of drug-likeness (QED) is 0.727. The summed E-state index contributed by atoms with van der Waals surface area (Å²) in [5, 5.41) is 0. The molecule has 0 radical (unpaired) electrons. The molecule has 1 aliphatic rings.